The summed E-state index contributed by atoms with van der Waals surface area (Å²) in [5.41, 5.74) is 9.88. The molecule has 2 N–H and O–H groups in total. The zero-order chi connectivity index (χ0) is 16.8. The Kier molecular flexibility index (Phi) is 3.74. The Bertz CT molecular complexity index is 979. The molecule has 122 valence electrons. The zero-order valence-corrected chi connectivity index (χ0v) is 14.2. The SMILES string of the molecule is Nc1c(C(=O)c2cc(Cl)cnc2Cl)oc2cc3c(cc12)CCCC3. The fourth-order valence-corrected chi connectivity index (χ4v) is 3.57. The third kappa shape index (κ3) is 2.46. The van der Waals surface area contributed by atoms with E-state index in [0.29, 0.717) is 16.3 Å². The molecule has 0 saturated carbocycles. The molecule has 0 fully saturated rings. The van der Waals surface area contributed by atoms with E-state index in [1.54, 1.807) is 0 Å². The Morgan fingerprint density at radius 3 is 2.58 bits per heavy atom. The molecule has 2 heterocycles. The number of hydrogen-bond acceptors (Lipinski definition) is 4. The number of fused-ring (bicyclic) bond motifs is 2. The smallest absolute Gasteiger partial charge is 0.233 e. The van der Waals surface area contributed by atoms with Gasteiger partial charge >= 0.3 is 0 Å². The Morgan fingerprint density at radius 2 is 1.83 bits per heavy atom. The largest absolute Gasteiger partial charge is 0.450 e. The van der Waals surface area contributed by atoms with Crippen molar-refractivity contribution in [3.8, 4) is 0 Å². The highest BCUT2D eigenvalue weighted by molar-refractivity contribution is 6.36. The zero-order valence-electron chi connectivity index (χ0n) is 12.7. The second-order valence-corrected chi connectivity index (χ2v) is 6.78. The molecule has 0 unspecified atom stereocenters. The van der Waals surface area contributed by atoms with Crippen LogP contribution < -0.4 is 5.73 Å². The number of aromatic nitrogens is 1. The van der Waals surface area contributed by atoms with E-state index in [1.165, 1.54) is 36.2 Å². The molecule has 4 rings (SSSR count). The molecule has 1 aliphatic carbocycles. The summed E-state index contributed by atoms with van der Waals surface area (Å²) in [5.74, 6) is -0.333. The van der Waals surface area contributed by atoms with Gasteiger partial charge < -0.3 is 10.2 Å². The fourth-order valence-electron chi connectivity index (χ4n) is 3.22. The van der Waals surface area contributed by atoms with Crippen molar-refractivity contribution in [1.29, 1.82) is 0 Å². The van der Waals surface area contributed by atoms with E-state index in [1.807, 2.05) is 12.1 Å². The van der Waals surface area contributed by atoms with Crippen LogP contribution in [0, 0.1) is 0 Å². The highest BCUT2D eigenvalue weighted by atomic mass is 35.5. The summed E-state index contributed by atoms with van der Waals surface area (Å²) in [4.78, 5) is 16.7. The first-order valence-electron chi connectivity index (χ1n) is 7.74. The first kappa shape index (κ1) is 15.5. The molecule has 0 spiro atoms. The van der Waals surface area contributed by atoms with Crippen LogP contribution in [0.4, 0.5) is 5.69 Å². The quantitative estimate of drug-likeness (QED) is 0.525. The predicted octanol–water partition coefficient (Wildman–Crippen LogP) is 4.83. The minimum atomic E-state index is -0.415. The van der Waals surface area contributed by atoms with Gasteiger partial charge in [-0.1, -0.05) is 23.2 Å². The van der Waals surface area contributed by atoms with Gasteiger partial charge in [0.1, 0.15) is 10.7 Å². The molecule has 0 radical (unpaired) electrons. The van der Waals surface area contributed by atoms with Crippen molar-refractivity contribution in [3.05, 3.63) is 57.0 Å². The maximum Gasteiger partial charge on any atom is 0.233 e. The molecule has 1 aliphatic rings. The van der Waals surface area contributed by atoms with Gasteiger partial charge in [0.25, 0.3) is 0 Å². The first-order valence-corrected chi connectivity index (χ1v) is 8.49. The number of rotatable bonds is 2. The van der Waals surface area contributed by atoms with Gasteiger partial charge in [0.05, 0.1) is 16.3 Å². The summed E-state index contributed by atoms with van der Waals surface area (Å²) in [6.07, 6.45) is 5.79. The summed E-state index contributed by atoms with van der Waals surface area (Å²) < 4.78 is 5.77. The molecule has 2 aromatic heterocycles. The molecule has 0 aliphatic heterocycles. The van der Waals surface area contributed by atoms with Gasteiger partial charge in [-0.2, -0.15) is 0 Å². The van der Waals surface area contributed by atoms with Crippen molar-refractivity contribution in [3.63, 3.8) is 0 Å². The Hall–Kier alpha value is -2.04. The van der Waals surface area contributed by atoms with Crippen molar-refractivity contribution in [2.24, 2.45) is 0 Å². The van der Waals surface area contributed by atoms with Gasteiger partial charge in [-0.05, 0) is 55.0 Å². The van der Waals surface area contributed by atoms with Gasteiger partial charge in [-0.15, -0.1) is 0 Å². The number of hydrogen-bond donors (Lipinski definition) is 1. The number of halogens is 2. The number of pyridine rings is 1. The van der Waals surface area contributed by atoms with Crippen LogP contribution in [0.25, 0.3) is 11.0 Å². The minimum absolute atomic E-state index is 0.0727. The van der Waals surface area contributed by atoms with Crippen LogP contribution in [0.1, 0.15) is 40.1 Å². The highest BCUT2D eigenvalue weighted by Crippen LogP contribution is 2.35. The van der Waals surface area contributed by atoms with E-state index in [2.05, 4.69) is 4.98 Å². The van der Waals surface area contributed by atoms with Gasteiger partial charge in [0.2, 0.25) is 5.78 Å². The number of benzene rings is 1. The average molecular weight is 361 g/mol. The van der Waals surface area contributed by atoms with Crippen LogP contribution in [-0.2, 0) is 12.8 Å². The summed E-state index contributed by atoms with van der Waals surface area (Å²) in [7, 11) is 0. The van der Waals surface area contributed by atoms with Crippen LogP contribution in [0.5, 0.6) is 0 Å². The number of nitrogens with zero attached hydrogens (tertiary/aromatic N) is 1. The summed E-state index contributed by atoms with van der Waals surface area (Å²) in [6, 6.07) is 5.50. The maximum atomic E-state index is 12.8. The number of nitrogen functional groups attached to an aromatic ring is 1. The topological polar surface area (TPSA) is 69.1 Å². The van der Waals surface area contributed by atoms with E-state index in [0.717, 1.165) is 18.2 Å². The summed E-state index contributed by atoms with van der Waals surface area (Å²) in [5, 5.41) is 1.17. The molecule has 0 bridgehead atoms. The number of furan rings is 1. The van der Waals surface area contributed by atoms with Crippen molar-refractivity contribution >= 4 is 45.6 Å². The molecule has 0 amide bonds. The second-order valence-electron chi connectivity index (χ2n) is 5.99. The van der Waals surface area contributed by atoms with E-state index in [9.17, 15) is 4.79 Å². The number of carbonyl (C=O) groups is 1. The minimum Gasteiger partial charge on any atom is -0.450 e. The average Bonchev–Trinajstić information content (AvgIpc) is 2.90. The van der Waals surface area contributed by atoms with Crippen molar-refractivity contribution < 1.29 is 9.21 Å². The monoisotopic (exact) mass is 360 g/mol. The Labute approximate surface area is 148 Å². The molecule has 1 aromatic carbocycles. The molecular formula is C18H14Cl2N2O2. The van der Waals surface area contributed by atoms with Gasteiger partial charge in [-0.25, -0.2) is 4.98 Å². The van der Waals surface area contributed by atoms with Crippen LogP contribution in [-0.4, -0.2) is 10.8 Å². The third-order valence-electron chi connectivity index (χ3n) is 4.45. The van der Waals surface area contributed by atoms with E-state index in [4.69, 9.17) is 33.4 Å². The molecule has 3 aromatic rings. The highest BCUT2D eigenvalue weighted by Gasteiger charge is 2.24. The van der Waals surface area contributed by atoms with Gasteiger partial charge in [0.15, 0.2) is 5.76 Å². The van der Waals surface area contributed by atoms with Crippen LogP contribution in [0.2, 0.25) is 10.2 Å². The number of aryl methyl sites for hydroxylation is 2. The van der Waals surface area contributed by atoms with Crippen LogP contribution in [0.3, 0.4) is 0 Å². The van der Waals surface area contributed by atoms with Crippen LogP contribution in [0.15, 0.2) is 28.8 Å². The molecule has 24 heavy (non-hydrogen) atoms. The lowest BCUT2D eigenvalue weighted by molar-refractivity contribution is 0.101. The van der Waals surface area contributed by atoms with Crippen LogP contribution >= 0.6 is 23.2 Å². The fraction of sp³-hybridized carbons (Fsp3) is 0.222. The standard InChI is InChI=1S/C18H14Cl2N2O2/c19-11-7-13(18(20)22-8-11)16(23)17-15(21)12-5-9-3-1-2-4-10(9)6-14(12)24-17/h5-8H,1-4,21H2. The molecule has 0 atom stereocenters. The lowest BCUT2D eigenvalue weighted by Crippen LogP contribution is -2.05. The van der Waals surface area contributed by atoms with E-state index >= 15 is 0 Å². The van der Waals surface area contributed by atoms with Gasteiger partial charge in [0, 0.05) is 11.6 Å². The first-order chi connectivity index (χ1) is 11.5. The molecule has 0 saturated heterocycles. The van der Waals surface area contributed by atoms with E-state index < -0.39 is 5.78 Å². The van der Waals surface area contributed by atoms with Crippen molar-refractivity contribution in [2.75, 3.05) is 5.73 Å². The summed E-state index contributed by atoms with van der Waals surface area (Å²) >= 11 is 11.9. The number of ketones is 1. The third-order valence-corrected chi connectivity index (χ3v) is 4.96. The molecular weight excluding hydrogens is 347 g/mol. The molecule has 4 nitrogen and oxygen atoms in total. The van der Waals surface area contributed by atoms with E-state index in [-0.39, 0.29) is 16.5 Å². The Morgan fingerprint density at radius 1 is 1.12 bits per heavy atom. The normalized spacial score (nSPS) is 13.9. The van der Waals surface area contributed by atoms with Crippen molar-refractivity contribution in [1.82, 2.24) is 4.98 Å². The summed E-state index contributed by atoms with van der Waals surface area (Å²) in [6.45, 7) is 0. The second kappa shape index (κ2) is 5.80. The lowest BCUT2D eigenvalue weighted by Gasteiger charge is -2.14. The van der Waals surface area contributed by atoms with Gasteiger partial charge in [-0.3, -0.25) is 4.79 Å². The number of carbonyl (C=O) groups excluding carboxylic acids is 1. The van der Waals surface area contributed by atoms with Crippen molar-refractivity contribution in [2.45, 2.75) is 25.7 Å². The predicted molar refractivity (Wildman–Crippen MR) is 95.0 cm³/mol. The number of anilines is 1. The Balaban J connectivity index is 1.86. The molecule has 6 heteroatoms. The number of nitrogens with two attached hydrogens (primary N) is 1. The maximum absolute atomic E-state index is 12.8. The lowest BCUT2D eigenvalue weighted by atomic mass is 9.90.